The Kier molecular flexibility index (Phi) is 4.88. The van der Waals surface area contributed by atoms with Gasteiger partial charge in [-0.1, -0.05) is 48.5 Å². The molecule has 1 amide bonds. The van der Waals surface area contributed by atoms with Crippen molar-refractivity contribution < 1.29 is 9.53 Å². The minimum Gasteiger partial charge on any atom is -0.496 e. The third-order valence-corrected chi connectivity index (χ3v) is 6.49. The molecule has 1 aromatic heterocycles. The summed E-state index contributed by atoms with van der Waals surface area (Å²) in [5.41, 5.74) is 4.25. The summed E-state index contributed by atoms with van der Waals surface area (Å²) in [7, 11) is 1.58. The summed E-state index contributed by atoms with van der Waals surface area (Å²) in [6, 6.07) is 25.7. The van der Waals surface area contributed by atoms with Gasteiger partial charge in [0.15, 0.2) is 0 Å². The van der Waals surface area contributed by atoms with Crippen LogP contribution in [0.15, 0.2) is 78.9 Å². The summed E-state index contributed by atoms with van der Waals surface area (Å²) in [4.78, 5) is 17.9. The molecule has 0 aliphatic rings. The quantitative estimate of drug-likeness (QED) is 0.350. The Hall–Kier alpha value is -3.70. The number of fused-ring (bicyclic) bond motifs is 2. The Morgan fingerprint density at radius 3 is 2.45 bits per heavy atom. The predicted molar refractivity (Wildman–Crippen MR) is 128 cm³/mol. The van der Waals surface area contributed by atoms with Gasteiger partial charge in [-0.2, -0.15) is 0 Å². The molecular weight excluding hydrogens is 404 g/mol. The lowest BCUT2D eigenvalue weighted by atomic mass is 10.0. The van der Waals surface area contributed by atoms with Crippen LogP contribution in [0.5, 0.6) is 5.75 Å². The first-order valence-corrected chi connectivity index (χ1v) is 10.8. The molecule has 0 aliphatic carbocycles. The second-order valence-corrected chi connectivity index (χ2v) is 8.35. The number of para-hydroxylation sites is 1. The van der Waals surface area contributed by atoms with Crippen LogP contribution in [0.2, 0.25) is 0 Å². The van der Waals surface area contributed by atoms with E-state index in [4.69, 9.17) is 9.72 Å². The topological polar surface area (TPSA) is 51.2 Å². The molecular formula is C26H20N2O2S. The van der Waals surface area contributed by atoms with E-state index in [-0.39, 0.29) is 5.91 Å². The highest BCUT2D eigenvalue weighted by molar-refractivity contribution is 7.21. The highest BCUT2D eigenvalue weighted by Crippen LogP contribution is 2.35. The van der Waals surface area contributed by atoms with Gasteiger partial charge in [0.1, 0.15) is 10.8 Å². The molecule has 5 heteroatoms. The molecule has 4 aromatic carbocycles. The number of amides is 1. The van der Waals surface area contributed by atoms with E-state index < -0.39 is 0 Å². The average molecular weight is 425 g/mol. The molecule has 0 spiro atoms. The number of aromatic nitrogens is 1. The summed E-state index contributed by atoms with van der Waals surface area (Å²) in [5.74, 6) is 0.350. The van der Waals surface area contributed by atoms with E-state index in [1.807, 2.05) is 79.7 Å². The summed E-state index contributed by atoms with van der Waals surface area (Å²) < 4.78 is 6.65. The van der Waals surface area contributed by atoms with Crippen molar-refractivity contribution in [2.45, 2.75) is 6.92 Å². The van der Waals surface area contributed by atoms with Gasteiger partial charge >= 0.3 is 0 Å². The van der Waals surface area contributed by atoms with Gasteiger partial charge in [-0.05, 0) is 53.6 Å². The number of carbonyl (C=O) groups excluding carboxylic acids is 1. The molecule has 5 aromatic rings. The van der Waals surface area contributed by atoms with E-state index in [0.717, 1.165) is 42.8 Å². The van der Waals surface area contributed by atoms with E-state index in [1.165, 1.54) is 0 Å². The first-order chi connectivity index (χ1) is 15.1. The van der Waals surface area contributed by atoms with Crippen molar-refractivity contribution in [3.05, 3.63) is 90.0 Å². The van der Waals surface area contributed by atoms with Crippen molar-refractivity contribution in [1.29, 1.82) is 0 Å². The fraction of sp³-hybridized carbons (Fsp3) is 0.0769. The number of thiazole rings is 1. The number of hydrogen-bond acceptors (Lipinski definition) is 4. The molecule has 0 atom stereocenters. The molecule has 1 heterocycles. The molecule has 0 unspecified atom stereocenters. The lowest BCUT2D eigenvalue weighted by Crippen LogP contribution is -2.14. The Morgan fingerprint density at radius 1 is 0.935 bits per heavy atom. The summed E-state index contributed by atoms with van der Waals surface area (Å²) in [5, 5.41) is 6.04. The zero-order chi connectivity index (χ0) is 21.4. The maximum absolute atomic E-state index is 13.2. The van der Waals surface area contributed by atoms with Gasteiger partial charge in [-0.15, -0.1) is 11.3 Å². The zero-order valence-electron chi connectivity index (χ0n) is 17.2. The van der Waals surface area contributed by atoms with Crippen molar-refractivity contribution >= 4 is 43.9 Å². The van der Waals surface area contributed by atoms with Crippen molar-refractivity contribution in [3.8, 4) is 16.3 Å². The minimum absolute atomic E-state index is 0.202. The van der Waals surface area contributed by atoms with Gasteiger partial charge < -0.3 is 10.1 Å². The predicted octanol–water partition coefficient (Wildman–Crippen LogP) is 6.69. The van der Waals surface area contributed by atoms with E-state index in [1.54, 1.807) is 18.4 Å². The standard InChI is InChI=1S/C26H20N2O2S/c1-16-19(26-28-22-11-5-6-13-24(22)31-26)10-7-12-21(16)27-25(29)20-14-17-8-3-4-9-18(17)15-23(20)30-2/h3-15H,1-2H3,(H,27,29). The smallest absolute Gasteiger partial charge is 0.259 e. The van der Waals surface area contributed by atoms with E-state index in [0.29, 0.717) is 11.3 Å². The first kappa shape index (κ1) is 19.3. The Balaban J connectivity index is 1.51. The SMILES string of the molecule is COc1cc2ccccc2cc1C(=O)Nc1cccc(-c2nc3ccccc3s2)c1C. The molecule has 31 heavy (non-hydrogen) atoms. The minimum atomic E-state index is -0.202. The largest absolute Gasteiger partial charge is 0.496 e. The molecule has 4 nitrogen and oxygen atoms in total. The van der Waals surface area contributed by atoms with Crippen LogP contribution in [0, 0.1) is 6.92 Å². The van der Waals surface area contributed by atoms with Crippen LogP contribution in [0.1, 0.15) is 15.9 Å². The molecule has 0 radical (unpaired) electrons. The molecule has 1 N–H and O–H groups in total. The molecule has 0 saturated heterocycles. The number of ether oxygens (including phenoxy) is 1. The van der Waals surface area contributed by atoms with Crippen molar-refractivity contribution in [1.82, 2.24) is 4.98 Å². The number of benzene rings is 4. The monoisotopic (exact) mass is 424 g/mol. The number of anilines is 1. The van der Waals surface area contributed by atoms with Gasteiger partial charge in [-0.3, -0.25) is 4.79 Å². The highest BCUT2D eigenvalue weighted by Gasteiger charge is 2.17. The Morgan fingerprint density at radius 2 is 1.68 bits per heavy atom. The molecule has 0 fully saturated rings. The Labute approximate surface area is 184 Å². The molecule has 5 rings (SSSR count). The van der Waals surface area contributed by atoms with Gasteiger partial charge in [0, 0.05) is 11.3 Å². The van der Waals surface area contributed by atoms with Crippen LogP contribution in [0.3, 0.4) is 0 Å². The van der Waals surface area contributed by atoms with Crippen LogP contribution in [0.4, 0.5) is 5.69 Å². The van der Waals surface area contributed by atoms with Gasteiger partial charge in [-0.25, -0.2) is 4.98 Å². The number of nitrogens with one attached hydrogen (secondary N) is 1. The summed E-state index contributed by atoms with van der Waals surface area (Å²) in [6.45, 7) is 2.01. The van der Waals surface area contributed by atoms with Gasteiger partial charge in [0.25, 0.3) is 5.91 Å². The number of carbonyl (C=O) groups is 1. The van der Waals surface area contributed by atoms with Crippen LogP contribution >= 0.6 is 11.3 Å². The highest BCUT2D eigenvalue weighted by atomic mass is 32.1. The molecule has 0 aliphatic heterocycles. The first-order valence-electron chi connectivity index (χ1n) is 9.98. The third-order valence-electron chi connectivity index (χ3n) is 5.42. The average Bonchev–Trinajstić information content (AvgIpc) is 3.23. The molecule has 152 valence electrons. The number of rotatable bonds is 4. The van der Waals surface area contributed by atoms with Crippen LogP contribution in [0.25, 0.3) is 31.6 Å². The number of methoxy groups -OCH3 is 1. The molecule has 0 bridgehead atoms. The fourth-order valence-electron chi connectivity index (χ4n) is 3.75. The number of nitrogens with zero attached hydrogens (tertiary/aromatic N) is 1. The summed E-state index contributed by atoms with van der Waals surface area (Å²) >= 11 is 1.65. The lowest BCUT2D eigenvalue weighted by Gasteiger charge is -2.14. The Bertz CT molecular complexity index is 1410. The van der Waals surface area contributed by atoms with Crippen molar-refractivity contribution in [3.63, 3.8) is 0 Å². The second kappa shape index (κ2) is 7.85. The number of hydrogen-bond donors (Lipinski definition) is 1. The molecule has 0 saturated carbocycles. The van der Waals surface area contributed by atoms with E-state index in [2.05, 4.69) is 11.4 Å². The second-order valence-electron chi connectivity index (χ2n) is 7.32. The van der Waals surface area contributed by atoms with Crippen LogP contribution < -0.4 is 10.1 Å². The van der Waals surface area contributed by atoms with Gasteiger partial charge in [0.05, 0.1) is 22.9 Å². The summed E-state index contributed by atoms with van der Waals surface area (Å²) in [6.07, 6.45) is 0. The maximum atomic E-state index is 13.2. The maximum Gasteiger partial charge on any atom is 0.259 e. The van der Waals surface area contributed by atoms with Crippen LogP contribution in [-0.4, -0.2) is 18.0 Å². The van der Waals surface area contributed by atoms with Crippen molar-refractivity contribution in [2.24, 2.45) is 0 Å². The van der Waals surface area contributed by atoms with E-state index >= 15 is 0 Å². The lowest BCUT2D eigenvalue weighted by molar-refractivity contribution is 0.102. The van der Waals surface area contributed by atoms with Crippen molar-refractivity contribution in [2.75, 3.05) is 12.4 Å². The van der Waals surface area contributed by atoms with E-state index in [9.17, 15) is 4.79 Å². The fourth-order valence-corrected chi connectivity index (χ4v) is 4.79. The normalized spacial score (nSPS) is 11.0. The van der Waals surface area contributed by atoms with Gasteiger partial charge in [0.2, 0.25) is 0 Å². The van der Waals surface area contributed by atoms with Crippen LogP contribution in [-0.2, 0) is 0 Å². The zero-order valence-corrected chi connectivity index (χ0v) is 18.0. The third kappa shape index (κ3) is 3.53.